The molecule has 3 nitrogen and oxygen atoms in total. The van der Waals surface area contributed by atoms with E-state index in [0.717, 1.165) is 6.42 Å². The molecule has 4 N–H and O–H groups in total. The zero-order valence-corrected chi connectivity index (χ0v) is 9.37. The highest BCUT2D eigenvalue weighted by atomic mass is 15.0. The third kappa shape index (κ3) is 2.61. The molecule has 1 fully saturated rings. The maximum absolute atomic E-state index is 6.11. The van der Waals surface area contributed by atoms with Crippen molar-refractivity contribution in [3.8, 4) is 0 Å². The number of aromatic amines is 1. The molecule has 1 heterocycles. The fourth-order valence-corrected chi connectivity index (χ4v) is 2.39. The van der Waals surface area contributed by atoms with Gasteiger partial charge in [0, 0.05) is 30.0 Å². The summed E-state index contributed by atoms with van der Waals surface area (Å²) in [5.41, 5.74) is 7.35. The topological polar surface area (TPSA) is 53.8 Å². The Morgan fingerprint density at radius 2 is 2.27 bits per heavy atom. The summed E-state index contributed by atoms with van der Waals surface area (Å²) < 4.78 is 0. The summed E-state index contributed by atoms with van der Waals surface area (Å²) in [6.07, 6.45) is 6.94. The Labute approximate surface area is 91.4 Å². The van der Waals surface area contributed by atoms with Crippen LogP contribution in [0.3, 0.4) is 0 Å². The molecule has 0 unspecified atom stereocenters. The van der Waals surface area contributed by atoms with Gasteiger partial charge < -0.3 is 16.0 Å². The lowest BCUT2D eigenvalue weighted by Gasteiger charge is -2.31. The van der Waals surface area contributed by atoms with Crippen LogP contribution in [0.1, 0.15) is 44.3 Å². The van der Waals surface area contributed by atoms with Crippen LogP contribution in [0.4, 0.5) is 0 Å². The Balaban J connectivity index is 1.90. The SMILES string of the molecule is C[C@@H](N[C@H]1CCCC[C@@H]1N)c1ccc[nH]1. The lowest BCUT2D eigenvalue weighted by atomic mass is 9.90. The maximum atomic E-state index is 6.11. The van der Waals surface area contributed by atoms with Gasteiger partial charge in [-0.25, -0.2) is 0 Å². The molecule has 15 heavy (non-hydrogen) atoms. The Morgan fingerprint density at radius 1 is 1.47 bits per heavy atom. The average Bonchev–Trinajstić information content (AvgIpc) is 2.74. The maximum Gasteiger partial charge on any atom is 0.0446 e. The molecular formula is C12H21N3. The van der Waals surface area contributed by atoms with Crippen LogP contribution >= 0.6 is 0 Å². The van der Waals surface area contributed by atoms with Crippen LogP contribution in [0.5, 0.6) is 0 Å². The lowest BCUT2D eigenvalue weighted by molar-refractivity contribution is 0.305. The van der Waals surface area contributed by atoms with E-state index in [9.17, 15) is 0 Å². The molecule has 1 saturated carbocycles. The van der Waals surface area contributed by atoms with Crippen LogP contribution in [0, 0.1) is 0 Å². The zero-order valence-electron chi connectivity index (χ0n) is 9.37. The van der Waals surface area contributed by atoms with Crippen molar-refractivity contribution in [3.05, 3.63) is 24.0 Å². The van der Waals surface area contributed by atoms with E-state index >= 15 is 0 Å². The van der Waals surface area contributed by atoms with Gasteiger partial charge in [0.15, 0.2) is 0 Å². The summed E-state index contributed by atoms with van der Waals surface area (Å²) in [6.45, 7) is 2.19. The van der Waals surface area contributed by atoms with Gasteiger partial charge in [0.25, 0.3) is 0 Å². The van der Waals surface area contributed by atoms with Gasteiger partial charge in [-0.3, -0.25) is 0 Å². The van der Waals surface area contributed by atoms with Gasteiger partial charge in [0.1, 0.15) is 0 Å². The average molecular weight is 207 g/mol. The molecule has 1 aromatic heterocycles. The standard InChI is InChI=1S/C12H21N3/c1-9(11-7-4-8-14-11)15-12-6-3-2-5-10(12)13/h4,7-10,12,14-15H,2-3,5-6,13H2,1H3/t9-,10+,12+/m1/s1. The van der Waals surface area contributed by atoms with Gasteiger partial charge in [-0.05, 0) is 31.9 Å². The summed E-state index contributed by atoms with van der Waals surface area (Å²) in [4.78, 5) is 3.24. The molecule has 1 aromatic rings. The van der Waals surface area contributed by atoms with E-state index in [1.807, 2.05) is 12.3 Å². The van der Waals surface area contributed by atoms with E-state index in [4.69, 9.17) is 5.73 Å². The highest BCUT2D eigenvalue weighted by molar-refractivity contribution is 5.08. The number of aromatic nitrogens is 1. The fourth-order valence-electron chi connectivity index (χ4n) is 2.39. The van der Waals surface area contributed by atoms with Crippen molar-refractivity contribution in [1.29, 1.82) is 0 Å². The first-order chi connectivity index (χ1) is 7.27. The number of rotatable bonds is 3. The summed E-state index contributed by atoms with van der Waals surface area (Å²) in [7, 11) is 0. The highest BCUT2D eigenvalue weighted by Gasteiger charge is 2.23. The Hall–Kier alpha value is -0.800. The van der Waals surface area contributed by atoms with E-state index in [2.05, 4.69) is 23.3 Å². The first-order valence-corrected chi connectivity index (χ1v) is 5.92. The van der Waals surface area contributed by atoms with E-state index in [-0.39, 0.29) is 0 Å². The molecule has 3 heteroatoms. The highest BCUT2D eigenvalue weighted by Crippen LogP contribution is 2.20. The van der Waals surface area contributed by atoms with Gasteiger partial charge in [0.2, 0.25) is 0 Å². The van der Waals surface area contributed by atoms with Crippen molar-refractivity contribution in [2.24, 2.45) is 5.73 Å². The van der Waals surface area contributed by atoms with E-state index in [1.165, 1.54) is 25.0 Å². The largest absolute Gasteiger partial charge is 0.364 e. The molecule has 0 saturated heterocycles. The van der Waals surface area contributed by atoms with Crippen molar-refractivity contribution >= 4 is 0 Å². The predicted octanol–water partition coefficient (Wildman–Crippen LogP) is 1.94. The van der Waals surface area contributed by atoms with Gasteiger partial charge in [-0.15, -0.1) is 0 Å². The smallest absolute Gasteiger partial charge is 0.0446 e. The molecule has 0 spiro atoms. The molecule has 0 radical (unpaired) electrons. The number of hydrogen-bond acceptors (Lipinski definition) is 2. The number of nitrogens with two attached hydrogens (primary N) is 1. The summed E-state index contributed by atoms with van der Waals surface area (Å²) in [6, 6.07) is 5.34. The Morgan fingerprint density at radius 3 is 2.93 bits per heavy atom. The van der Waals surface area contributed by atoms with Crippen molar-refractivity contribution in [3.63, 3.8) is 0 Å². The Kier molecular flexibility index (Phi) is 3.44. The fraction of sp³-hybridized carbons (Fsp3) is 0.667. The Bertz CT molecular complexity index is 281. The predicted molar refractivity (Wildman–Crippen MR) is 62.6 cm³/mol. The third-order valence-corrected chi connectivity index (χ3v) is 3.37. The molecule has 0 bridgehead atoms. The van der Waals surface area contributed by atoms with Crippen LogP contribution in [-0.2, 0) is 0 Å². The van der Waals surface area contributed by atoms with Crippen molar-refractivity contribution in [2.45, 2.75) is 50.7 Å². The molecule has 2 rings (SSSR count). The zero-order chi connectivity index (χ0) is 10.7. The minimum absolute atomic E-state index is 0.330. The second-order valence-corrected chi connectivity index (χ2v) is 4.57. The van der Waals surface area contributed by atoms with Gasteiger partial charge in [-0.2, -0.15) is 0 Å². The quantitative estimate of drug-likeness (QED) is 0.709. The minimum Gasteiger partial charge on any atom is -0.364 e. The van der Waals surface area contributed by atoms with E-state index < -0.39 is 0 Å². The van der Waals surface area contributed by atoms with Crippen molar-refractivity contribution in [1.82, 2.24) is 10.3 Å². The van der Waals surface area contributed by atoms with Crippen LogP contribution in [0.15, 0.2) is 18.3 Å². The number of H-pyrrole nitrogens is 1. The number of nitrogens with one attached hydrogen (secondary N) is 2. The summed E-state index contributed by atoms with van der Waals surface area (Å²) in [5.74, 6) is 0. The number of hydrogen-bond donors (Lipinski definition) is 3. The molecule has 84 valence electrons. The molecular weight excluding hydrogens is 186 g/mol. The first kappa shape index (κ1) is 10.7. The normalized spacial score (nSPS) is 28.9. The van der Waals surface area contributed by atoms with Gasteiger partial charge >= 0.3 is 0 Å². The second kappa shape index (κ2) is 4.81. The van der Waals surface area contributed by atoms with Crippen molar-refractivity contribution in [2.75, 3.05) is 0 Å². The van der Waals surface area contributed by atoms with Crippen LogP contribution in [-0.4, -0.2) is 17.1 Å². The molecule has 1 aliphatic carbocycles. The van der Waals surface area contributed by atoms with Crippen LogP contribution < -0.4 is 11.1 Å². The van der Waals surface area contributed by atoms with Crippen molar-refractivity contribution < 1.29 is 0 Å². The van der Waals surface area contributed by atoms with E-state index in [0.29, 0.717) is 18.1 Å². The molecule has 1 aliphatic rings. The van der Waals surface area contributed by atoms with E-state index in [1.54, 1.807) is 0 Å². The summed E-state index contributed by atoms with van der Waals surface area (Å²) in [5, 5.41) is 3.61. The molecule has 3 atom stereocenters. The van der Waals surface area contributed by atoms with Crippen LogP contribution in [0.25, 0.3) is 0 Å². The minimum atomic E-state index is 0.330. The van der Waals surface area contributed by atoms with Gasteiger partial charge in [-0.1, -0.05) is 12.8 Å². The second-order valence-electron chi connectivity index (χ2n) is 4.57. The van der Waals surface area contributed by atoms with Crippen LogP contribution in [0.2, 0.25) is 0 Å². The third-order valence-electron chi connectivity index (χ3n) is 3.37. The monoisotopic (exact) mass is 207 g/mol. The summed E-state index contributed by atoms with van der Waals surface area (Å²) >= 11 is 0. The first-order valence-electron chi connectivity index (χ1n) is 5.92. The molecule has 0 aliphatic heterocycles. The molecule has 0 amide bonds. The molecule has 0 aromatic carbocycles. The van der Waals surface area contributed by atoms with Gasteiger partial charge in [0.05, 0.1) is 0 Å². The lowest BCUT2D eigenvalue weighted by Crippen LogP contribution is -2.47.